The summed E-state index contributed by atoms with van der Waals surface area (Å²) < 4.78 is 11.4. The van der Waals surface area contributed by atoms with Gasteiger partial charge in [-0.15, -0.1) is 11.3 Å². The van der Waals surface area contributed by atoms with Crippen LogP contribution in [0.2, 0.25) is 0 Å². The van der Waals surface area contributed by atoms with Crippen molar-refractivity contribution in [2.45, 2.75) is 50.8 Å². The fourth-order valence-corrected chi connectivity index (χ4v) is 6.38. The lowest BCUT2D eigenvalue weighted by molar-refractivity contribution is -0.121. The standard InChI is InChI=1S/C24H27N3O4S2/c1-14(15-6-7-17-18(12-15)31-10-3-9-30-17)25-21(28)8-11-32-13-20-26-23(29)22-16-4-2-5-19(16)33-24(22)27-20/h6-7,12,14H,2-5,8-11,13H2,1H3,(H,25,28)(H,26,27,29). The van der Waals surface area contributed by atoms with E-state index in [1.165, 1.54) is 10.4 Å². The van der Waals surface area contributed by atoms with E-state index in [4.69, 9.17) is 9.47 Å². The van der Waals surface area contributed by atoms with Gasteiger partial charge in [0.1, 0.15) is 10.7 Å². The quantitative estimate of drug-likeness (QED) is 0.489. The molecule has 33 heavy (non-hydrogen) atoms. The Kier molecular flexibility index (Phi) is 6.59. The van der Waals surface area contributed by atoms with Crippen LogP contribution in [0.25, 0.3) is 10.2 Å². The van der Waals surface area contributed by atoms with Crippen molar-refractivity contribution in [2.24, 2.45) is 0 Å². The number of nitrogens with one attached hydrogen (secondary N) is 2. The van der Waals surface area contributed by atoms with E-state index in [2.05, 4.69) is 15.3 Å². The Morgan fingerprint density at radius 2 is 2.09 bits per heavy atom. The van der Waals surface area contributed by atoms with Crippen LogP contribution >= 0.6 is 23.1 Å². The summed E-state index contributed by atoms with van der Waals surface area (Å²) in [5.74, 6) is 3.40. The first-order valence-electron chi connectivity index (χ1n) is 11.4. The molecule has 2 N–H and O–H groups in total. The number of fused-ring (bicyclic) bond motifs is 4. The molecule has 3 heterocycles. The molecule has 0 radical (unpaired) electrons. The Morgan fingerprint density at radius 1 is 1.24 bits per heavy atom. The van der Waals surface area contributed by atoms with Crippen molar-refractivity contribution in [1.82, 2.24) is 15.3 Å². The highest BCUT2D eigenvalue weighted by molar-refractivity contribution is 7.98. The lowest BCUT2D eigenvalue weighted by Crippen LogP contribution is -2.26. The lowest BCUT2D eigenvalue weighted by atomic mass is 10.1. The van der Waals surface area contributed by atoms with Gasteiger partial charge in [-0.2, -0.15) is 11.8 Å². The molecule has 174 valence electrons. The molecule has 0 bridgehead atoms. The highest BCUT2D eigenvalue weighted by Gasteiger charge is 2.21. The molecule has 0 saturated carbocycles. The number of aromatic nitrogens is 2. The van der Waals surface area contributed by atoms with Gasteiger partial charge in [0.15, 0.2) is 11.5 Å². The fourth-order valence-electron chi connectivity index (χ4n) is 4.30. The van der Waals surface area contributed by atoms with E-state index in [1.807, 2.05) is 25.1 Å². The van der Waals surface area contributed by atoms with Crippen molar-refractivity contribution in [3.8, 4) is 11.5 Å². The SMILES string of the molecule is CC(NC(=O)CCSCc1nc2sc3c(c2c(=O)[nH]1)CCC3)c1ccc2c(c1)OCCCO2. The number of amides is 1. The van der Waals surface area contributed by atoms with Crippen molar-refractivity contribution in [3.63, 3.8) is 0 Å². The molecular weight excluding hydrogens is 458 g/mol. The number of nitrogens with zero attached hydrogens (tertiary/aromatic N) is 1. The second-order valence-corrected chi connectivity index (χ2v) is 10.6. The van der Waals surface area contributed by atoms with Crippen molar-refractivity contribution in [1.29, 1.82) is 0 Å². The van der Waals surface area contributed by atoms with E-state index in [9.17, 15) is 9.59 Å². The molecule has 1 aliphatic heterocycles. The van der Waals surface area contributed by atoms with E-state index in [-0.39, 0.29) is 17.5 Å². The number of hydrogen-bond donors (Lipinski definition) is 2. The van der Waals surface area contributed by atoms with Crippen LogP contribution in [0.1, 0.15) is 54.1 Å². The normalized spacial score (nSPS) is 15.8. The van der Waals surface area contributed by atoms with Gasteiger partial charge in [0, 0.05) is 23.5 Å². The number of thiophene rings is 1. The average Bonchev–Trinajstić information content (AvgIpc) is 3.29. The van der Waals surface area contributed by atoms with Crippen LogP contribution in [0, 0.1) is 0 Å². The van der Waals surface area contributed by atoms with E-state index in [1.54, 1.807) is 23.1 Å². The third-order valence-corrected chi connectivity index (χ3v) is 8.14. The van der Waals surface area contributed by atoms with Gasteiger partial charge in [0.05, 0.1) is 30.4 Å². The first-order valence-corrected chi connectivity index (χ1v) is 13.4. The number of benzene rings is 1. The number of rotatable bonds is 7. The van der Waals surface area contributed by atoms with Crippen molar-refractivity contribution >= 4 is 39.2 Å². The predicted octanol–water partition coefficient (Wildman–Crippen LogP) is 4.14. The molecule has 2 aliphatic rings. The van der Waals surface area contributed by atoms with Gasteiger partial charge in [0.2, 0.25) is 5.91 Å². The van der Waals surface area contributed by atoms with Gasteiger partial charge in [-0.1, -0.05) is 6.07 Å². The van der Waals surface area contributed by atoms with Crippen LogP contribution in [-0.2, 0) is 23.4 Å². The van der Waals surface area contributed by atoms with Crippen LogP contribution in [0.4, 0.5) is 0 Å². The second kappa shape index (κ2) is 9.77. The minimum Gasteiger partial charge on any atom is -0.490 e. The summed E-state index contributed by atoms with van der Waals surface area (Å²) in [6.07, 6.45) is 4.43. The number of thioether (sulfide) groups is 1. The van der Waals surface area contributed by atoms with Crippen molar-refractivity contribution < 1.29 is 14.3 Å². The van der Waals surface area contributed by atoms with Gasteiger partial charge in [-0.05, 0) is 49.4 Å². The summed E-state index contributed by atoms with van der Waals surface area (Å²) in [5.41, 5.74) is 2.15. The molecule has 1 unspecified atom stereocenters. The predicted molar refractivity (Wildman–Crippen MR) is 132 cm³/mol. The summed E-state index contributed by atoms with van der Waals surface area (Å²) in [6, 6.07) is 5.69. The number of carbonyl (C=O) groups is 1. The molecule has 2 aromatic heterocycles. The minimum atomic E-state index is -0.124. The van der Waals surface area contributed by atoms with Gasteiger partial charge < -0.3 is 19.8 Å². The van der Waals surface area contributed by atoms with Crippen LogP contribution in [0.5, 0.6) is 11.5 Å². The largest absolute Gasteiger partial charge is 0.490 e. The number of H-pyrrole nitrogens is 1. The third kappa shape index (κ3) is 4.89. The maximum Gasteiger partial charge on any atom is 0.259 e. The molecule has 5 rings (SSSR count). The first-order chi connectivity index (χ1) is 16.1. The van der Waals surface area contributed by atoms with Gasteiger partial charge in [-0.3, -0.25) is 9.59 Å². The van der Waals surface area contributed by atoms with E-state index < -0.39 is 0 Å². The summed E-state index contributed by atoms with van der Waals surface area (Å²) in [7, 11) is 0. The summed E-state index contributed by atoms with van der Waals surface area (Å²) in [5, 5.41) is 3.83. The van der Waals surface area contributed by atoms with Crippen LogP contribution in [0.15, 0.2) is 23.0 Å². The van der Waals surface area contributed by atoms with Gasteiger partial charge in [0.25, 0.3) is 5.56 Å². The summed E-state index contributed by atoms with van der Waals surface area (Å²) in [6.45, 7) is 3.26. The monoisotopic (exact) mass is 485 g/mol. The summed E-state index contributed by atoms with van der Waals surface area (Å²) >= 11 is 3.25. The Balaban J connectivity index is 1.12. The molecule has 9 heteroatoms. The third-order valence-electron chi connectivity index (χ3n) is 5.99. The van der Waals surface area contributed by atoms with Gasteiger partial charge in [-0.25, -0.2) is 4.98 Å². The summed E-state index contributed by atoms with van der Waals surface area (Å²) in [4.78, 5) is 34.7. The lowest BCUT2D eigenvalue weighted by Gasteiger charge is -2.16. The molecule has 0 fully saturated rings. The van der Waals surface area contributed by atoms with E-state index in [0.717, 1.165) is 53.0 Å². The number of ether oxygens (including phenoxy) is 2. The molecule has 0 saturated heterocycles. The van der Waals surface area contributed by atoms with Crippen molar-refractivity contribution in [2.75, 3.05) is 19.0 Å². The maximum absolute atomic E-state index is 12.5. The second-order valence-electron chi connectivity index (χ2n) is 8.40. The zero-order valence-corrected chi connectivity index (χ0v) is 20.2. The smallest absolute Gasteiger partial charge is 0.259 e. The molecule has 7 nitrogen and oxygen atoms in total. The number of carbonyl (C=O) groups excluding carboxylic acids is 1. The first kappa shape index (κ1) is 22.3. The molecular formula is C24H27N3O4S2. The fraction of sp³-hybridized carbons (Fsp3) is 0.458. The molecule has 1 aromatic carbocycles. The highest BCUT2D eigenvalue weighted by atomic mass is 32.2. The number of aromatic amines is 1. The Hall–Kier alpha value is -2.52. The Bertz CT molecular complexity index is 1240. The average molecular weight is 486 g/mol. The number of hydrogen-bond acceptors (Lipinski definition) is 7. The molecule has 1 atom stereocenters. The van der Waals surface area contributed by atoms with E-state index >= 15 is 0 Å². The Morgan fingerprint density at radius 3 is 2.97 bits per heavy atom. The maximum atomic E-state index is 12.5. The van der Waals surface area contributed by atoms with Crippen molar-refractivity contribution in [3.05, 3.63) is 50.4 Å². The molecule has 3 aromatic rings. The molecule has 0 spiro atoms. The van der Waals surface area contributed by atoms with Crippen LogP contribution in [-0.4, -0.2) is 34.8 Å². The molecule has 1 amide bonds. The highest BCUT2D eigenvalue weighted by Crippen LogP contribution is 2.35. The minimum absolute atomic E-state index is 0.00584. The Labute approximate surface area is 200 Å². The zero-order chi connectivity index (χ0) is 22.8. The topological polar surface area (TPSA) is 93.3 Å². The van der Waals surface area contributed by atoms with Crippen LogP contribution < -0.4 is 20.3 Å². The van der Waals surface area contributed by atoms with Crippen LogP contribution in [0.3, 0.4) is 0 Å². The van der Waals surface area contributed by atoms with Gasteiger partial charge >= 0.3 is 0 Å². The zero-order valence-electron chi connectivity index (χ0n) is 18.6. The molecule has 1 aliphatic carbocycles. The number of aryl methyl sites for hydroxylation is 2. The van der Waals surface area contributed by atoms with E-state index in [0.29, 0.717) is 37.0 Å².